The van der Waals surface area contributed by atoms with Crippen LogP contribution in [0.3, 0.4) is 0 Å². The number of amides is 2. The van der Waals surface area contributed by atoms with Crippen LogP contribution in [0.15, 0.2) is 60.7 Å². The quantitative estimate of drug-likeness (QED) is 0.636. The first-order chi connectivity index (χ1) is 13.2. The van der Waals surface area contributed by atoms with Crippen molar-refractivity contribution in [1.82, 2.24) is 10.2 Å². The molecular weight excluding hydrogens is 336 g/mol. The maximum atomic E-state index is 12.6. The molecule has 0 bridgehead atoms. The van der Waals surface area contributed by atoms with Crippen molar-refractivity contribution in [3.63, 3.8) is 0 Å². The first kappa shape index (κ1) is 21.0. The van der Waals surface area contributed by atoms with E-state index < -0.39 is 0 Å². The molecule has 0 fully saturated rings. The standard InChI is InChI=1S/C23H32N2O2/c1-20(22-13-7-4-8-14-22)15-16-24-23(26)25(18-19-27-2)17-9-12-21-10-5-3-6-11-21/h3-8,10-11,13-14,20H,9,12,15-19H2,1-2H3,(H,24,26). The van der Waals surface area contributed by atoms with Gasteiger partial charge in [-0.05, 0) is 36.3 Å². The summed E-state index contributed by atoms with van der Waals surface area (Å²) in [6.45, 7) is 4.78. The Labute approximate surface area is 163 Å². The molecule has 4 heteroatoms. The van der Waals surface area contributed by atoms with E-state index in [0.29, 0.717) is 25.6 Å². The summed E-state index contributed by atoms with van der Waals surface area (Å²) in [5, 5.41) is 3.07. The van der Waals surface area contributed by atoms with Crippen molar-refractivity contribution >= 4 is 6.03 Å². The average Bonchev–Trinajstić information content (AvgIpc) is 2.71. The normalized spacial score (nSPS) is 11.8. The lowest BCUT2D eigenvalue weighted by Gasteiger charge is -2.23. The molecule has 0 aliphatic carbocycles. The molecule has 4 nitrogen and oxygen atoms in total. The zero-order chi connectivity index (χ0) is 19.3. The van der Waals surface area contributed by atoms with Gasteiger partial charge < -0.3 is 15.0 Å². The van der Waals surface area contributed by atoms with Gasteiger partial charge in [-0.1, -0.05) is 67.6 Å². The van der Waals surface area contributed by atoms with Crippen LogP contribution in [0.1, 0.15) is 36.8 Å². The topological polar surface area (TPSA) is 41.6 Å². The van der Waals surface area contributed by atoms with Crippen molar-refractivity contribution < 1.29 is 9.53 Å². The van der Waals surface area contributed by atoms with Gasteiger partial charge in [-0.2, -0.15) is 0 Å². The lowest BCUT2D eigenvalue weighted by molar-refractivity contribution is 0.148. The maximum Gasteiger partial charge on any atom is 0.317 e. The minimum atomic E-state index is 0.000346. The van der Waals surface area contributed by atoms with Gasteiger partial charge in [0.2, 0.25) is 0 Å². The van der Waals surface area contributed by atoms with Crippen molar-refractivity contribution in [2.75, 3.05) is 33.4 Å². The minimum Gasteiger partial charge on any atom is -0.383 e. The Morgan fingerprint density at radius 2 is 1.70 bits per heavy atom. The van der Waals surface area contributed by atoms with E-state index in [-0.39, 0.29) is 6.03 Å². The molecule has 0 saturated carbocycles. The van der Waals surface area contributed by atoms with Gasteiger partial charge in [-0.25, -0.2) is 4.79 Å². The van der Waals surface area contributed by atoms with Crippen LogP contribution < -0.4 is 5.32 Å². The molecule has 1 unspecified atom stereocenters. The van der Waals surface area contributed by atoms with Gasteiger partial charge in [0.25, 0.3) is 0 Å². The lowest BCUT2D eigenvalue weighted by atomic mass is 9.98. The molecule has 1 N–H and O–H groups in total. The first-order valence-electron chi connectivity index (χ1n) is 9.81. The van der Waals surface area contributed by atoms with Crippen molar-refractivity contribution in [2.45, 2.75) is 32.1 Å². The Hall–Kier alpha value is -2.33. The number of hydrogen-bond acceptors (Lipinski definition) is 2. The molecule has 146 valence electrons. The predicted octanol–water partition coefficient (Wildman–Crippen LogP) is 4.47. The highest BCUT2D eigenvalue weighted by molar-refractivity contribution is 5.74. The van der Waals surface area contributed by atoms with E-state index in [4.69, 9.17) is 4.74 Å². The van der Waals surface area contributed by atoms with E-state index in [1.54, 1.807) is 7.11 Å². The highest BCUT2D eigenvalue weighted by Crippen LogP contribution is 2.17. The summed E-state index contributed by atoms with van der Waals surface area (Å²) in [5.74, 6) is 0.428. The molecule has 0 radical (unpaired) electrons. The molecule has 2 aromatic rings. The summed E-state index contributed by atoms with van der Waals surface area (Å²) >= 11 is 0. The lowest BCUT2D eigenvalue weighted by Crippen LogP contribution is -2.42. The van der Waals surface area contributed by atoms with Crippen molar-refractivity contribution in [2.24, 2.45) is 0 Å². The number of aryl methyl sites for hydroxylation is 1. The molecule has 27 heavy (non-hydrogen) atoms. The number of hydrogen-bond donors (Lipinski definition) is 1. The first-order valence-corrected chi connectivity index (χ1v) is 9.81. The third-order valence-electron chi connectivity index (χ3n) is 4.81. The third kappa shape index (κ3) is 7.83. The highest BCUT2D eigenvalue weighted by Gasteiger charge is 2.13. The zero-order valence-corrected chi connectivity index (χ0v) is 16.6. The number of carbonyl (C=O) groups excluding carboxylic acids is 1. The van der Waals surface area contributed by atoms with Crippen LogP contribution in [0.5, 0.6) is 0 Å². The summed E-state index contributed by atoms with van der Waals surface area (Å²) < 4.78 is 5.17. The van der Waals surface area contributed by atoms with E-state index in [1.807, 2.05) is 17.0 Å². The van der Waals surface area contributed by atoms with Gasteiger partial charge >= 0.3 is 6.03 Å². The SMILES string of the molecule is COCCN(CCCc1ccccc1)C(=O)NCCC(C)c1ccccc1. The largest absolute Gasteiger partial charge is 0.383 e. The van der Waals surface area contributed by atoms with Gasteiger partial charge in [0.1, 0.15) is 0 Å². The molecular formula is C23H32N2O2. The van der Waals surface area contributed by atoms with Gasteiger partial charge in [-0.3, -0.25) is 0 Å². The van der Waals surface area contributed by atoms with Crippen LogP contribution in [-0.2, 0) is 11.2 Å². The molecule has 0 spiro atoms. The Balaban J connectivity index is 1.75. The smallest absolute Gasteiger partial charge is 0.317 e. The summed E-state index contributed by atoms with van der Waals surface area (Å²) in [6.07, 6.45) is 2.85. The zero-order valence-electron chi connectivity index (χ0n) is 16.6. The Kier molecular flexibility index (Phi) is 9.42. The van der Waals surface area contributed by atoms with Crippen molar-refractivity contribution in [1.29, 1.82) is 0 Å². The van der Waals surface area contributed by atoms with Crippen LogP contribution in [0.4, 0.5) is 4.79 Å². The number of carbonyl (C=O) groups is 1. The van der Waals surface area contributed by atoms with E-state index >= 15 is 0 Å². The van der Waals surface area contributed by atoms with Crippen molar-refractivity contribution in [3.8, 4) is 0 Å². The second kappa shape index (κ2) is 12.1. The summed E-state index contributed by atoms with van der Waals surface area (Å²) in [4.78, 5) is 14.4. The van der Waals surface area contributed by atoms with E-state index in [0.717, 1.165) is 25.8 Å². The van der Waals surface area contributed by atoms with E-state index in [1.165, 1.54) is 11.1 Å². The minimum absolute atomic E-state index is 0.000346. The van der Waals surface area contributed by atoms with Crippen LogP contribution in [0.2, 0.25) is 0 Å². The highest BCUT2D eigenvalue weighted by atomic mass is 16.5. The molecule has 0 saturated heterocycles. The molecule has 2 amide bonds. The fraction of sp³-hybridized carbons (Fsp3) is 0.435. The van der Waals surface area contributed by atoms with Crippen LogP contribution in [-0.4, -0.2) is 44.3 Å². The Bertz CT molecular complexity index is 646. The number of methoxy groups -OCH3 is 1. The molecule has 2 aromatic carbocycles. The molecule has 0 heterocycles. The van der Waals surface area contributed by atoms with Crippen LogP contribution >= 0.6 is 0 Å². The number of nitrogens with one attached hydrogen (secondary N) is 1. The number of rotatable bonds is 11. The third-order valence-corrected chi connectivity index (χ3v) is 4.81. The molecule has 0 aliphatic rings. The van der Waals surface area contributed by atoms with E-state index in [9.17, 15) is 4.79 Å². The van der Waals surface area contributed by atoms with Crippen LogP contribution in [0.25, 0.3) is 0 Å². The van der Waals surface area contributed by atoms with Crippen molar-refractivity contribution in [3.05, 3.63) is 71.8 Å². The fourth-order valence-corrected chi connectivity index (χ4v) is 3.09. The van der Waals surface area contributed by atoms with Gasteiger partial charge in [-0.15, -0.1) is 0 Å². The molecule has 1 atom stereocenters. The second-order valence-corrected chi connectivity index (χ2v) is 6.90. The summed E-state index contributed by atoms with van der Waals surface area (Å²) in [7, 11) is 1.67. The number of ether oxygens (including phenoxy) is 1. The van der Waals surface area contributed by atoms with Crippen LogP contribution in [0, 0.1) is 0 Å². The van der Waals surface area contributed by atoms with Gasteiger partial charge in [0, 0.05) is 26.7 Å². The van der Waals surface area contributed by atoms with Gasteiger partial charge in [0.15, 0.2) is 0 Å². The Morgan fingerprint density at radius 1 is 1.04 bits per heavy atom. The number of nitrogens with zero attached hydrogens (tertiary/aromatic N) is 1. The molecule has 0 aromatic heterocycles. The predicted molar refractivity (Wildman–Crippen MR) is 111 cm³/mol. The average molecular weight is 369 g/mol. The number of benzene rings is 2. The fourth-order valence-electron chi connectivity index (χ4n) is 3.09. The van der Waals surface area contributed by atoms with E-state index in [2.05, 4.69) is 60.8 Å². The van der Waals surface area contributed by atoms with Gasteiger partial charge in [0.05, 0.1) is 6.61 Å². The maximum absolute atomic E-state index is 12.6. The Morgan fingerprint density at radius 3 is 2.37 bits per heavy atom. The molecule has 0 aliphatic heterocycles. The molecule has 2 rings (SSSR count). The number of urea groups is 1. The second-order valence-electron chi connectivity index (χ2n) is 6.90. The summed E-state index contributed by atoms with van der Waals surface area (Å²) in [6, 6.07) is 20.8. The summed E-state index contributed by atoms with van der Waals surface area (Å²) in [5.41, 5.74) is 2.62. The monoisotopic (exact) mass is 368 g/mol.